The van der Waals surface area contributed by atoms with Crippen molar-refractivity contribution in [1.29, 1.82) is 0 Å². The maximum Gasteiger partial charge on any atom is 0.211 e. The molecule has 3 aromatic carbocycles. The van der Waals surface area contributed by atoms with Crippen LogP contribution in [0.5, 0.6) is 5.75 Å². The van der Waals surface area contributed by atoms with Crippen LogP contribution in [-0.2, 0) is 17.8 Å². The Hall–Kier alpha value is -5.87. The lowest BCUT2D eigenvalue weighted by molar-refractivity contribution is -0.105. The summed E-state index contributed by atoms with van der Waals surface area (Å²) in [6.07, 6.45) is 3.65. The number of amides is 1. The van der Waals surface area contributed by atoms with Crippen molar-refractivity contribution in [2.75, 3.05) is 17.6 Å². The first-order valence-corrected chi connectivity index (χ1v) is 14.0. The molecule has 44 heavy (non-hydrogen) atoms. The number of nitrogens with one attached hydrogen (secondary N) is 2. The lowest BCUT2D eigenvalue weighted by atomic mass is 10.1. The zero-order chi connectivity index (χ0) is 30.5. The number of phenolic OH excluding ortho intramolecular Hbond substituents is 1. The summed E-state index contributed by atoms with van der Waals surface area (Å²) in [7, 11) is 0. The van der Waals surface area contributed by atoms with Crippen molar-refractivity contribution >= 4 is 35.4 Å². The molecule has 0 fully saturated rings. The molecule has 0 saturated heterocycles. The van der Waals surface area contributed by atoms with E-state index in [1.54, 1.807) is 18.3 Å². The number of rotatable bonds is 11. The van der Waals surface area contributed by atoms with Crippen molar-refractivity contribution in [3.63, 3.8) is 0 Å². The minimum absolute atomic E-state index is 0.00226. The highest BCUT2D eigenvalue weighted by atomic mass is 16.3. The van der Waals surface area contributed by atoms with Crippen molar-refractivity contribution in [2.45, 2.75) is 13.0 Å². The zero-order valence-electron chi connectivity index (χ0n) is 23.6. The van der Waals surface area contributed by atoms with Crippen LogP contribution < -0.4 is 16.4 Å². The second kappa shape index (κ2) is 12.6. The highest BCUT2D eigenvalue weighted by Crippen LogP contribution is 2.32. The predicted octanol–water partition coefficient (Wildman–Crippen LogP) is 5.15. The van der Waals surface area contributed by atoms with Gasteiger partial charge in [0.25, 0.3) is 0 Å². The standard InChI is InChI=1S/C34H29N7O3/c35-32-28(5-2-15-37-32)33-40-30-13-12-29(24-3-1-4-26(18-24)38-21-43)39-34(30)41(33)27-10-7-23(8-11-27)19-36-16-14-22-6-9-25(20-42)31(44)17-22/h1-13,15,17-18,20-21,36,44H,14,16,19H2,(H2,35,37)(H,38,43). The molecule has 0 atom stereocenters. The van der Waals surface area contributed by atoms with Gasteiger partial charge in [-0.3, -0.25) is 14.2 Å². The number of nitrogen functional groups attached to an aromatic ring is 1. The Labute approximate surface area is 253 Å². The van der Waals surface area contributed by atoms with Crippen LogP contribution in [0.1, 0.15) is 21.5 Å². The lowest BCUT2D eigenvalue weighted by Crippen LogP contribution is -2.16. The molecule has 0 aliphatic rings. The second-order valence-electron chi connectivity index (χ2n) is 10.2. The van der Waals surface area contributed by atoms with Crippen LogP contribution in [0.15, 0.2) is 97.2 Å². The number of aromatic nitrogens is 4. The summed E-state index contributed by atoms with van der Waals surface area (Å²) in [6, 6.07) is 28.3. The molecule has 0 saturated carbocycles. The zero-order valence-corrected chi connectivity index (χ0v) is 23.6. The SMILES string of the molecule is Nc1ncccc1-c1nc2ccc(-c3cccc(NC=O)c3)nc2n1-c1ccc(CNCCc2ccc(C=O)c(O)c2)cc1. The first-order chi connectivity index (χ1) is 21.5. The predicted molar refractivity (Wildman–Crippen MR) is 171 cm³/mol. The summed E-state index contributed by atoms with van der Waals surface area (Å²) in [4.78, 5) is 36.1. The van der Waals surface area contributed by atoms with E-state index in [0.29, 0.717) is 66.3 Å². The van der Waals surface area contributed by atoms with Crippen LogP contribution in [0.2, 0.25) is 0 Å². The fourth-order valence-corrected chi connectivity index (χ4v) is 5.06. The number of nitrogens with two attached hydrogens (primary N) is 1. The highest BCUT2D eigenvalue weighted by molar-refractivity contribution is 5.85. The Morgan fingerprint density at radius 2 is 1.73 bits per heavy atom. The van der Waals surface area contributed by atoms with E-state index in [1.807, 2.05) is 83.4 Å². The summed E-state index contributed by atoms with van der Waals surface area (Å²) in [5, 5.41) is 16.0. The van der Waals surface area contributed by atoms with Crippen molar-refractivity contribution < 1.29 is 14.7 Å². The van der Waals surface area contributed by atoms with Gasteiger partial charge in [-0.15, -0.1) is 0 Å². The van der Waals surface area contributed by atoms with Gasteiger partial charge in [-0.2, -0.15) is 0 Å². The Bertz CT molecular complexity index is 1970. The summed E-state index contributed by atoms with van der Waals surface area (Å²) >= 11 is 0. The van der Waals surface area contributed by atoms with E-state index in [4.69, 9.17) is 15.7 Å². The van der Waals surface area contributed by atoms with Crippen molar-refractivity contribution in [3.8, 4) is 34.1 Å². The third-order valence-electron chi connectivity index (χ3n) is 7.30. The van der Waals surface area contributed by atoms with Crippen LogP contribution in [0, 0.1) is 0 Å². The van der Waals surface area contributed by atoms with E-state index >= 15 is 0 Å². The van der Waals surface area contributed by atoms with E-state index in [9.17, 15) is 14.7 Å². The molecule has 1 amide bonds. The topological polar surface area (TPSA) is 148 Å². The quantitative estimate of drug-likeness (QED) is 0.121. The maximum absolute atomic E-state index is 11.0. The molecule has 0 spiro atoms. The average Bonchev–Trinajstić information content (AvgIpc) is 3.42. The van der Waals surface area contributed by atoms with Crippen LogP contribution in [0.4, 0.5) is 11.5 Å². The van der Waals surface area contributed by atoms with Crippen LogP contribution in [0.3, 0.4) is 0 Å². The molecular formula is C34H29N7O3. The molecule has 218 valence electrons. The number of aldehydes is 1. The smallest absolute Gasteiger partial charge is 0.211 e. The molecule has 6 rings (SSSR count). The number of benzene rings is 3. The Morgan fingerprint density at radius 3 is 2.50 bits per heavy atom. The molecule has 5 N–H and O–H groups in total. The number of anilines is 2. The number of imidazole rings is 1. The first kappa shape index (κ1) is 28.3. The van der Waals surface area contributed by atoms with E-state index in [0.717, 1.165) is 28.1 Å². The first-order valence-electron chi connectivity index (χ1n) is 14.0. The molecule has 10 nitrogen and oxygen atoms in total. The highest BCUT2D eigenvalue weighted by Gasteiger charge is 2.19. The number of pyridine rings is 2. The van der Waals surface area contributed by atoms with Gasteiger partial charge in [0.15, 0.2) is 17.8 Å². The number of nitrogens with zero attached hydrogens (tertiary/aromatic N) is 4. The number of carbonyl (C=O) groups is 2. The molecule has 0 radical (unpaired) electrons. The molecule has 3 heterocycles. The number of carbonyl (C=O) groups excluding carboxylic acids is 2. The van der Waals surface area contributed by atoms with Crippen LogP contribution >= 0.6 is 0 Å². The van der Waals surface area contributed by atoms with Crippen molar-refractivity contribution in [1.82, 2.24) is 24.8 Å². The largest absolute Gasteiger partial charge is 0.507 e. The Balaban J connectivity index is 1.29. The van der Waals surface area contributed by atoms with Gasteiger partial charge in [-0.05, 0) is 84.8 Å². The number of hydrogen-bond donors (Lipinski definition) is 4. The fourth-order valence-electron chi connectivity index (χ4n) is 5.06. The lowest BCUT2D eigenvalue weighted by Gasteiger charge is -2.12. The van der Waals surface area contributed by atoms with Gasteiger partial charge in [-0.1, -0.05) is 30.3 Å². The monoisotopic (exact) mass is 583 g/mol. The van der Waals surface area contributed by atoms with Gasteiger partial charge in [0, 0.05) is 29.7 Å². The van der Waals surface area contributed by atoms with Crippen molar-refractivity contribution in [2.24, 2.45) is 0 Å². The van der Waals surface area contributed by atoms with Gasteiger partial charge >= 0.3 is 0 Å². The molecule has 3 aromatic heterocycles. The van der Waals surface area contributed by atoms with Crippen LogP contribution in [-0.4, -0.2) is 43.9 Å². The average molecular weight is 584 g/mol. The minimum atomic E-state index is -0.00226. The Kier molecular flexibility index (Phi) is 8.06. The molecule has 0 aliphatic carbocycles. The second-order valence-corrected chi connectivity index (χ2v) is 10.2. The third-order valence-corrected chi connectivity index (χ3v) is 7.30. The number of hydrogen-bond acceptors (Lipinski definition) is 8. The van der Waals surface area contributed by atoms with Gasteiger partial charge in [0.2, 0.25) is 6.41 Å². The van der Waals surface area contributed by atoms with E-state index < -0.39 is 0 Å². The molecule has 0 bridgehead atoms. The molecule has 0 aliphatic heterocycles. The van der Waals surface area contributed by atoms with Crippen LogP contribution in [0.25, 0.3) is 39.5 Å². The van der Waals surface area contributed by atoms with E-state index in [1.165, 1.54) is 0 Å². The number of aromatic hydroxyl groups is 1. The maximum atomic E-state index is 11.0. The van der Waals surface area contributed by atoms with Gasteiger partial charge in [0.05, 0.1) is 16.8 Å². The van der Waals surface area contributed by atoms with Gasteiger partial charge in [-0.25, -0.2) is 15.0 Å². The van der Waals surface area contributed by atoms with Crippen molar-refractivity contribution in [3.05, 3.63) is 114 Å². The number of phenols is 1. The van der Waals surface area contributed by atoms with Gasteiger partial charge < -0.3 is 21.5 Å². The molecule has 0 unspecified atom stereocenters. The van der Waals surface area contributed by atoms with E-state index in [-0.39, 0.29) is 11.3 Å². The summed E-state index contributed by atoms with van der Waals surface area (Å²) in [5.41, 5.74) is 13.8. The summed E-state index contributed by atoms with van der Waals surface area (Å²) in [6.45, 7) is 1.35. The van der Waals surface area contributed by atoms with Gasteiger partial charge in [0.1, 0.15) is 17.1 Å². The summed E-state index contributed by atoms with van der Waals surface area (Å²) in [5.74, 6) is 0.991. The molecule has 6 aromatic rings. The Morgan fingerprint density at radius 1 is 0.886 bits per heavy atom. The minimum Gasteiger partial charge on any atom is -0.507 e. The van der Waals surface area contributed by atoms with E-state index in [2.05, 4.69) is 15.6 Å². The molecule has 10 heteroatoms. The normalized spacial score (nSPS) is 11.0. The molecular weight excluding hydrogens is 554 g/mol. The fraction of sp³-hybridized carbons (Fsp3) is 0.0882. The number of fused-ring (bicyclic) bond motifs is 1. The third kappa shape index (κ3) is 5.87. The summed E-state index contributed by atoms with van der Waals surface area (Å²) < 4.78 is 1.98.